The molecule has 0 bridgehead atoms. The van der Waals surface area contributed by atoms with Crippen LogP contribution >= 0.6 is 24.0 Å². The highest BCUT2D eigenvalue weighted by Gasteiger charge is 2.22. The van der Waals surface area contributed by atoms with Gasteiger partial charge in [0.15, 0.2) is 5.96 Å². The Kier molecular flexibility index (Phi) is 7.28. The number of aliphatic hydroxyl groups is 1. The van der Waals surface area contributed by atoms with Crippen molar-refractivity contribution in [2.75, 3.05) is 6.54 Å². The maximum Gasteiger partial charge on any atom is 0.188 e. The fraction of sp³-hybridized carbons (Fsp3) is 0.462. The Morgan fingerprint density at radius 2 is 1.95 bits per heavy atom. The van der Waals surface area contributed by atoms with Gasteiger partial charge in [-0.25, -0.2) is 4.39 Å². The molecule has 6 heteroatoms. The molecule has 1 aromatic rings. The van der Waals surface area contributed by atoms with Crippen LogP contribution in [0.15, 0.2) is 29.3 Å². The number of guanidine groups is 1. The largest absolute Gasteiger partial charge is 0.384 e. The van der Waals surface area contributed by atoms with E-state index >= 15 is 0 Å². The summed E-state index contributed by atoms with van der Waals surface area (Å²) in [5, 5.41) is 13.2. The number of nitrogens with zero attached hydrogens (tertiary/aromatic N) is 1. The number of nitrogens with one attached hydrogen (secondary N) is 1. The number of aliphatic imine (C=N–C) groups is 1. The molecule has 4 nitrogen and oxygen atoms in total. The average molecular weight is 381 g/mol. The van der Waals surface area contributed by atoms with Crippen LogP contribution < -0.4 is 11.1 Å². The average Bonchev–Trinajstić information content (AvgIpc) is 2.26. The molecule has 19 heavy (non-hydrogen) atoms. The van der Waals surface area contributed by atoms with E-state index in [0.29, 0.717) is 5.56 Å². The van der Waals surface area contributed by atoms with Crippen LogP contribution in [0.1, 0.15) is 26.3 Å². The highest BCUT2D eigenvalue weighted by Crippen LogP contribution is 2.20. The van der Waals surface area contributed by atoms with Crippen LogP contribution in [0.5, 0.6) is 0 Å². The lowest BCUT2D eigenvalue weighted by Gasteiger charge is -2.22. The first-order chi connectivity index (χ1) is 8.31. The molecule has 1 atom stereocenters. The second kappa shape index (κ2) is 7.64. The van der Waals surface area contributed by atoms with Crippen LogP contribution in [-0.4, -0.2) is 23.7 Å². The van der Waals surface area contributed by atoms with Gasteiger partial charge in [-0.15, -0.1) is 24.0 Å². The fourth-order valence-electron chi connectivity index (χ4n) is 1.48. The zero-order valence-electron chi connectivity index (χ0n) is 11.4. The molecule has 0 aliphatic rings. The molecule has 0 amide bonds. The van der Waals surface area contributed by atoms with Gasteiger partial charge in [-0.3, -0.25) is 4.99 Å². The van der Waals surface area contributed by atoms with Crippen molar-refractivity contribution in [2.24, 2.45) is 10.7 Å². The third-order valence-electron chi connectivity index (χ3n) is 2.46. The van der Waals surface area contributed by atoms with E-state index in [2.05, 4.69) is 10.3 Å². The van der Waals surface area contributed by atoms with Gasteiger partial charge >= 0.3 is 0 Å². The van der Waals surface area contributed by atoms with E-state index in [-0.39, 0.29) is 48.3 Å². The van der Waals surface area contributed by atoms with Crippen LogP contribution in [-0.2, 0) is 5.60 Å². The molecule has 1 unspecified atom stereocenters. The normalized spacial score (nSPS) is 14.7. The third kappa shape index (κ3) is 6.20. The summed E-state index contributed by atoms with van der Waals surface area (Å²) in [6.45, 7) is 5.62. The van der Waals surface area contributed by atoms with Crippen molar-refractivity contribution in [3.63, 3.8) is 0 Å². The molecule has 0 saturated heterocycles. The standard InChI is InChI=1S/C13H20FN3O.HI/c1-9(2)17-12(15)16-8-13(3,18)10-4-6-11(14)7-5-10;/h4-7,9,18H,8H2,1-3H3,(H3,15,16,17);1H. The van der Waals surface area contributed by atoms with Crippen LogP contribution in [0, 0.1) is 5.82 Å². The lowest BCUT2D eigenvalue weighted by atomic mass is 9.96. The Labute approximate surface area is 130 Å². The lowest BCUT2D eigenvalue weighted by molar-refractivity contribution is 0.0672. The first kappa shape index (κ1) is 18.1. The minimum Gasteiger partial charge on any atom is -0.384 e. The maximum atomic E-state index is 12.8. The molecule has 0 radical (unpaired) electrons. The second-order valence-electron chi connectivity index (χ2n) is 4.78. The van der Waals surface area contributed by atoms with E-state index in [9.17, 15) is 9.50 Å². The minimum absolute atomic E-state index is 0. The molecule has 4 N–H and O–H groups in total. The topological polar surface area (TPSA) is 70.6 Å². The van der Waals surface area contributed by atoms with Gasteiger partial charge in [0.05, 0.1) is 6.54 Å². The van der Waals surface area contributed by atoms with Crippen molar-refractivity contribution < 1.29 is 9.50 Å². The molecule has 1 aromatic carbocycles. The van der Waals surface area contributed by atoms with Crippen molar-refractivity contribution in [2.45, 2.75) is 32.4 Å². The molecule has 1 rings (SSSR count). The number of hydrogen-bond donors (Lipinski definition) is 3. The predicted molar refractivity (Wildman–Crippen MR) is 86.1 cm³/mol. The number of benzene rings is 1. The summed E-state index contributed by atoms with van der Waals surface area (Å²) in [6, 6.07) is 5.88. The molecule has 0 spiro atoms. The van der Waals surface area contributed by atoms with Crippen LogP contribution in [0.3, 0.4) is 0 Å². The molecule has 0 aliphatic heterocycles. The summed E-state index contributed by atoms with van der Waals surface area (Å²) in [5.41, 5.74) is 5.08. The van der Waals surface area contributed by atoms with Gasteiger partial charge in [0.2, 0.25) is 0 Å². The van der Waals surface area contributed by atoms with Gasteiger partial charge in [0.1, 0.15) is 11.4 Å². The molecule has 108 valence electrons. The fourth-order valence-corrected chi connectivity index (χ4v) is 1.48. The number of rotatable bonds is 4. The summed E-state index contributed by atoms with van der Waals surface area (Å²) in [4.78, 5) is 4.07. The Hall–Kier alpha value is -0.890. The van der Waals surface area contributed by atoms with Crippen molar-refractivity contribution in [1.29, 1.82) is 0 Å². The summed E-state index contributed by atoms with van der Waals surface area (Å²) in [5.74, 6) is -0.0496. The lowest BCUT2D eigenvalue weighted by Crippen LogP contribution is -2.38. The van der Waals surface area contributed by atoms with E-state index in [1.54, 1.807) is 6.92 Å². The van der Waals surface area contributed by atoms with Gasteiger partial charge in [-0.1, -0.05) is 12.1 Å². The van der Waals surface area contributed by atoms with Crippen molar-refractivity contribution in [3.8, 4) is 0 Å². The molecule has 0 fully saturated rings. The van der Waals surface area contributed by atoms with E-state index in [1.807, 2.05) is 13.8 Å². The quantitative estimate of drug-likeness (QED) is 0.424. The summed E-state index contributed by atoms with van der Waals surface area (Å²) in [7, 11) is 0. The minimum atomic E-state index is -1.17. The van der Waals surface area contributed by atoms with Gasteiger partial charge < -0.3 is 16.2 Å². The monoisotopic (exact) mass is 381 g/mol. The summed E-state index contributed by atoms with van der Waals surface area (Å²) in [6.07, 6.45) is 0. The summed E-state index contributed by atoms with van der Waals surface area (Å²) < 4.78 is 12.8. The van der Waals surface area contributed by atoms with Crippen molar-refractivity contribution >= 4 is 29.9 Å². The Morgan fingerprint density at radius 3 is 2.42 bits per heavy atom. The predicted octanol–water partition coefficient (Wildman–Crippen LogP) is 1.96. The van der Waals surface area contributed by atoms with E-state index in [0.717, 1.165) is 0 Å². The molecular formula is C13H21FIN3O. The first-order valence-electron chi connectivity index (χ1n) is 5.86. The van der Waals surface area contributed by atoms with Crippen LogP contribution in [0.4, 0.5) is 4.39 Å². The van der Waals surface area contributed by atoms with E-state index in [1.165, 1.54) is 24.3 Å². The van der Waals surface area contributed by atoms with Crippen LogP contribution in [0.25, 0.3) is 0 Å². The molecule has 0 saturated carbocycles. The molecule has 0 heterocycles. The molecule has 0 aliphatic carbocycles. The first-order valence-corrected chi connectivity index (χ1v) is 5.86. The number of hydrogen-bond acceptors (Lipinski definition) is 2. The Balaban J connectivity index is 0.00000324. The van der Waals surface area contributed by atoms with E-state index in [4.69, 9.17) is 5.73 Å². The highest BCUT2D eigenvalue weighted by atomic mass is 127. The molecule has 0 aromatic heterocycles. The highest BCUT2D eigenvalue weighted by molar-refractivity contribution is 14.0. The van der Waals surface area contributed by atoms with Gasteiger partial charge in [0, 0.05) is 6.04 Å². The molecular weight excluding hydrogens is 360 g/mol. The SMILES string of the molecule is CC(C)NC(N)=NCC(C)(O)c1ccc(F)cc1.I. The Morgan fingerprint density at radius 1 is 1.42 bits per heavy atom. The number of halogens is 2. The Bertz CT molecular complexity index is 418. The van der Waals surface area contributed by atoms with E-state index < -0.39 is 5.60 Å². The van der Waals surface area contributed by atoms with Gasteiger partial charge in [-0.05, 0) is 38.5 Å². The van der Waals surface area contributed by atoms with Gasteiger partial charge in [-0.2, -0.15) is 0 Å². The van der Waals surface area contributed by atoms with Crippen molar-refractivity contribution in [3.05, 3.63) is 35.6 Å². The number of nitrogens with two attached hydrogens (primary N) is 1. The summed E-state index contributed by atoms with van der Waals surface area (Å²) >= 11 is 0. The smallest absolute Gasteiger partial charge is 0.188 e. The van der Waals surface area contributed by atoms with Crippen LogP contribution in [0.2, 0.25) is 0 Å². The zero-order valence-corrected chi connectivity index (χ0v) is 13.7. The zero-order chi connectivity index (χ0) is 13.8. The maximum absolute atomic E-state index is 12.8. The van der Waals surface area contributed by atoms with Crippen molar-refractivity contribution in [1.82, 2.24) is 5.32 Å². The third-order valence-corrected chi connectivity index (χ3v) is 2.46. The van der Waals surface area contributed by atoms with Gasteiger partial charge in [0.25, 0.3) is 0 Å². The second-order valence-corrected chi connectivity index (χ2v) is 4.78.